The lowest BCUT2D eigenvalue weighted by Crippen LogP contribution is -2.04. The third-order valence-electron chi connectivity index (χ3n) is 3.74. The monoisotopic (exact) mass is 228 g/mol. The summed E-state index contributed by atoms with van der Waals surface area (Å²) >= 11 is 0. The maximum Gasteiger partial charge on any atom is 0.166 e. The Kier molecular flexibility index (Phi) is 2.46. The molecule has 3 heteroatoms. The van der Waals surface area contributed by atoms with Crippen molar-refractivity contribution in [2.45, 2.75) is 38.5 Å². The molecule has 3 rings (SSSR count). The highest BCUT2D eigenvalue weighted by atomic mass is 16.1. The van der Waals surface area contributed by atoms with Crippen LogP contribution in [-0.2, 0) is 0 Å². The summed E-state index contributed by atoms with van der Waals surface area (Å²) in [6.07, 6.45) is 5.88. The second-order valence-corrected chi connectivity index (χ2v) is 4.83. The molecule has 1 aliphatic rings. The minimum Gasteiger partial charge on any atom is -0.296 e. The van der Waals surface area contributed by atoms with Gasteiger partial charge in [0.05, 0.1) is 16.9 Å². The third-order valence-corrected chi connectivity index (χ3v) is 3.74. The maximum atomic E-state index is 11.1. The molecule has 88 valence electrons. The molecule has 2 aromatic rings. The number of carbonyl (C=O) groups excluding carboxylic acids is 1. The summed E-state index contributed by atoms with van der Waals surface area (Å²) in [5.74, 6) is 1.61. The maximum absolute atomic E-state index is 11.1. The fourth-order valence-electron chi connectivity index (χ4n) is 2.89. The summed E-state index contributed by atoms with van der Waals surface area (Å²) in [7, 11) is 0. The van der Waals surface area contributed by atoms with Gasteiger partial charge in [0, 0.05) is 5.92 Å². The van der Waals surface area contributed by atoms with Crippen LogP contribution in [0.1, 0.15) is 53.6 Å². The van der Waals surface area contributed by atoms with Crippen LogP contribution in [0.25, 0.3) is 5.52 Å². The number of carbonyl (C=O) groups is 1. The van der Waals surface area contributed by atoms with E-state index in [4.69, 9.17) is 0 Å². The molecule has 0 saturated heterocycles. The first-order valence-electron chi connectivity index (χ1n) is 6.24. The van der Waals surface area contributed by atoms with E-state index in [0.717, 1.165) is 23.3 Å². The highest BCUT2D eigenvalue weighted by Crippen LogP contribution is 2.34. The summed E-state index contributed by atoms with van der Waals surface area (Å²) in [4.78, 5) is 15.8. The number of aromatic nitrogens is 2. The van der Waals surface area contributed by atoms with Gasteiger partial charge in [0.2, 0.25) is 0 Å². The van der Waals surface area contributed by atoms with Crippen molar-refractivity contribution in [2.24, 2.45) is 0 Å². The fraction of sp³-hybridized carbons (Fsp3) is 0.429. The molecule has 2 heterocycles. The van der Waals surface area contributed by atoms with Crippen LogP contribution in [0.5, 0.6) is 0 Å². The average molecular weight is 228 g/mol. The number of aldehydes is 1. The highest BCUT2D eigenvalue weighted by molar-refractivity contribution is 5.75. The van der Waals surface area contributed by atoms with Gasteiger partial charge in [0.15, 0.2) is 6.29 Å². The number of hydrogen-bond donors (Lipinski definition) is 0. The molecule has 0 aliphatic heterocycles. The first-order valence-corrected chi connectivity index (χ1v) is 6.24. The Hall–Kier alpha value is -1.64. The zero-order valence-corrected chi connectivity index (χ0v) is 10.0. The first kappa shape index (κ1) is 10.5. The van der Waals surface area contributed by atoms with E-state index in [1.54, 1.807) is 0 Å². The number of pyridine rings is 1. The zero-order chi connectivity index (χ0) is 11.8. The number of imidazole rings is 1. The molecular weight excluding hydrogens is 212 g/mol. The largest absolute Gasteiger partial charge is 0.296 e. The van der Waals surface area contributed by atoms with E-state index in [1.165, 1.54) is 25.7 Å². The van der Waals surface area contributed by atoms with Crippen LogP contribution in [0, 0.1) is 6.92 Å². The summed E-state index contributed by atoms with van der Waals surface area (Å²) in [6, 6.07) is 5.82. The summed E-state index contributed by atoms with van der Waals surface area (Å²) in [5, 5.41) is 0. The van der Waals surface area contributed by atoms with Gasteiger partial charge in [-0.1, -0.05) is 18.9 Å². The van der Waals surface area contributed by atoms with Crippen molar-refractivity contribution in [2.75, 3.05) is 0 Å². The molecular formula is C14H16N2O. The van der Waals surface area contributed by atoms with Gasteiger partial charge in [0.1, 0.15) is 5.82 Å². The quantitative estimate of drug-likeness (QED) is 0.740. The molecule has 0 unspecified atom stereocenters. The SMILES string of the molecule is Cc1nc(C2CCCC2)n2c(C=O)cccc12. The number of fused-ring (bicyclic) bond motifs is 1. The van der Waals surface area contributed by atoms with E-state index in [1.807, 2.05) is 29.5 Å². The van der Waals surface area contributed by atoms with E-state index in [0.29, 0.717) is 11.6 Å². The van der Waals surface area contributed by atoms with Gasteiger partial charge in [-0.3, -0.25) is 9.20 Å². The summed E-state index contributed by atoms with van der Waals surface area (Å²) in [5.41, 5.74) is 2.80. The Bertz CT molecular complexity index is 565. The lowest BCUT2D eigenvalue weighted by molar-refractivity contribution is 0.111. The van der Waals surface area contributed by atoms with Crippen molar-refractivity contribution >= 4 is 11.8 Å². The topological polar surface area (TPSA) is 34.4 Å². The van der Waals surface area contributed by atoms with E-state index < -0.39 is 0 Å². The molecule has 0 spiro atoms. The molecule has 0 amide bonds. The van der Waals surface area contributed by atoms with E-state index in [-0.39, 0.29) is 0 Å². The van der Waals surface area contributed by atoms with Gasteiger partial charge in [-0.25, -0.2) is 4.98 Å². The zero-order valence-electron chi connectivity index (χ0n) is 10.0. The van der Waals surface area contributed by atoms with Crippen molar-refractivity contribution in [3.63, 3.8) is 0 Å². The van der Waals surface area contributed by atoms with Crippen LogP contribution in [-0.4, -0.2) is 15.7 Å². The minimum atomic E-state index is 0.525. The minimum absolute atomic E-state index is 0.525. The Labute approximate surface area is 100 Å². The smallest absolute Gasteiger partial charge is 0.166 e. The Morgan fingerprint density at radius 3 is 2.82 bits per heavy atom. The van der Waals surface area contributed by atoms with Crippen LogP contribution in [0.4, 0.5) is 0 Å². The second-order valence-electron chi connectivity index (χ2n) is 4.83. The van der Waals surface area contributed by atoms with E-state index >= 15 is 0 Å². The lowest BCUT2D eigenvalue weighted by atomic mass is 10.1. The standard InChI is InChI=1S/C14H16N2O/c1-10-13-8-4-7-12(9-17)16(13)14(15-10)11-5-2-3-6-11/h4,7-9,11H,2-3,5-6H2,1H3. The van der Waals surface area contributed by atoms with Gasteiger partial charge in [0.25, 0.3) is 0 Å². The average Bonchev–Trinajstić information content (AvgIpc) is 2.97. The van der Waals surface area contributed by atoms with Crippen molar-refractivity contribution < 1.29 is 4.79 Å². The fourth-order valence-corrected chi connectivity index (χ4v) is 2.89. The van der Waals surface area contributed by atoms with Gasteiger partial charge in [-0.15, -0.1) is 0 Å². The van der Waals surface area contributed by atoms with Crippen LogP contribution in [0.3, 0.4) is 0 Å². The summed E-state index contributed by atoms with van der Waals surface area (Å²) < 4.78 is 2.04. The van der Waals surface area contributed by atoms with Crippen molar-refractivity contribution in [1.82, 2.24) is 9.38 Å². The molecule has 1 fully saturated rings. The van der Waals surface area contributed by atoms with E-state index in [2.05, 4.69) is 4.98 Å². The molecule has 2 aromatic heterocycles. The lowest BCUT2D eigenvalue weighted by Gasteiger charge is -2.09. The molecule has 0 aromatic carbocycles. The highest BCUT2D eigenvalue weighted by Gasteiger charge is 2.23. The van der Waals surface area contributed by atoms with Crippen LogP contribution >= 0.6 is 0 Å². The molecule has 3 nitrogen and oxygen atoms in total. The molecule has 0 atom stereocenters. The summed E-state index contributed by atoms with van der Waals surface area (Å²) in [6.45, 7) is 2.02. The van der Waals surface area contributed by atoms with Crippen LogP contribution < -0.4 is 0 Å². The molecule has 1 aliphatic carbocycles. The van der Waals surface area contributed by atoms with Gasteiger partial charge in [-0.2, -0.15) is 0 Å². The van der Waals surface area contributed by atoms with Crippen LogP contribution in [0.2, 0.25) is 0 Å². The Balaban J connectivity index is 2.26. The number of rotatable bonds is 2. The van der Waals surface area contributed by atoms with Crippen molar-refractivity contribution in [3.8, 4) is 0 Å². The third kappa shape index (κ3) is 1.57. The van der Waals surface area contributed by atoms with Gasteiger partial charge in [-0.05, 0) is 31.9 Å². The van der Waals surface area contributed by atoms with Crippen molar-refractivity contribution in [3.05, 3.63) is 35.4 Å². The molecule has 0 radical (unpaired) electrons. The van der Waals surface area contributed by atoms with Crippen molar-refractivity contribution in [1.29, 1.82) is 0 Å². The molecule has 1 saturated carbocycles. The molecule has 0 N–H and O–H groups in total. The number of nitrogens with zero attached hydrogens (tertiary/aromatic N) is 2. The Morgan fingerprint density at radius 1 is 1.35 bits per heavy atom. The first-order chi connectivity index (χ1) is 8.31. The second kappa shape index (κ2) is 3.99. The van der Waals surface area contributed by atoms with Gasteiger partial charge < -0.3 is 0 Å². The molecule has 17 heavy (non-hydrogen) atoms. The van der Waals surface area contributed by atoms with Gasteiger partial charge >= 0.3 is 0 Å². The normalized spacial score (nSPS) is 16.8. The predicted molar refractivity (Wildman–Crippen MR) is 66.5 cm³/mol. The Morgan fingerprint density at radius 2 is 2.12 bits per heavy atom. The van der Waals surface area contributed by atoms with E-state index in [9.17, 15) is 4.79 Å². The molecule has 0 bridgehead atoms. The number of hydrogen-bond acceptors (Lipinski definition) is 2. The van der Waals surface area contributed by atoms with Crippen LogP contribution in [0.15, 0.2) is 18.2 Å². The number of aryl methyl sites for hydroxylation is 1. The predicted octanol–water partition coefficient (Wildman–Crippen LogP) is 3.11.